The molecule has 1 aromatic rings. The molecule has 0 aliphatic carbocycles. The Kier molecular flexibility index (Phi) is 9.65. The lowest BCUT2D eigenvalue weighted by atomic mass is 10.2. The first-order valence-corrected chi connectivity index (χ1v) is 7.44. The van der Waals surface area contributed by atoms with E-state index in [9.17, 15) is 0 Å². The molecule has 0 radical (unpaired) electrons. The van der Waals surface area contributed by atoms with E-state index in [1.165, 1.54) is 5.69 Å². The summed E-state index contributed by atoms with van der Waals surface area (Å²) in [6.45, 7) is 12.5. The molecule has 0 bridgehead atoms. The molecule has 0 fully saturated rings. The summed E-state index contributed by atoms with van der Waals surface area (Å²) in [5.41, 5.74) is 2.30. The topological polar surface area (TPSA) is 54.2 Å². The summed E-state index contributed by atoms with van der Waals surface area (Å²) in [6, 6.07) is 2.55. The first-order valence-electron chi connectivity index (χ1n) is 7.44. The van der Waals surface area contributed by atoms with E-state index in [4.69, 9.17) is 0 Å². The molecule has 2 N–H and O–H groups in total. The molecule has 2 unspecified atom stereocenters. The minimum Gasteiger partial charge on any atom is -0.356 e. The smallest absolute Gasteiger partial charge is 0.191 e. The molecule has 21 heavy (non-hydrogen) atoms. The average Bonchev–Trinajstić information content (AvgIpc) is 2.72. The fraction of sp³-hybridized carbons (Fsp3) is 0.733. The lowest BCUT2D eigenvalue weighted by Crippen LogP contribution is -2.43. The number of hydrogen-bond donors (Lipinski definition) is 2. The highest BCUT2D eigenvalue weighted by Gasteiger charge is 2.09. The van der Waals surface area contributed by atoms with Crippen LogP contribution in [0.1, 0.15) is 38.6 Å². The second-order valence-electron chi connectivity index (χ2n) is 5.62. The fourth-order valence-corrected chi connectivity index (χ4v) is 2.02. The van der Waals surface area contributed by atoms with Crippen molar-refractivity contribution in [3.63, 3.8) is 0 Å². The third kappa shape index (κ3) is 7.15. The standard InChI is InChI=1S/C15H29N5.HI/c1-7-12(3)18-15(16-6)17-9-11(2)10-20-14(5)8-13(4)19-20;/h8,11-12H,7,9-10H2,1-6H3,(H2,16,17,18);1H. The second-order valence-corrected chi connectivity index (χ2v) is 5.62. The molecule has 0 aromatic carbocycles. The minimum absolute atomic E-state index is 0. The monoisotopic (exact) mass is 407 g/mol. The van der Waals surface area contributed by atoms with Gasteiger partial charge in [0.2, 0.25) is 0 Å². The van der Waals surface area contributed by atoms with Gasteiger partial charge in [-0.2, -0.15) is 5.10 Å². The summed E-state index contributed by atoms with van der Waals surface area (Å²) in [6.07, 6.45) is 1.09. The second kappa shape index (κ2) is 10.0. The van der Waals surface area contributed by atoms with E-state index in [-0.39, 0.29) is 24.0 Å². The third-order valence-corrected chi connectivity index (χ3v) is 3.43. The van der Waals surface area contributed by atoms with E-state index >= 15 is 0 Å². The van der Waals surface area contributed by atoms with Crippen molar-refractivity contribution < 1.29 is 0 Å². The summed E-state index contributed by atoms with van der Waals surface area (Å²) in [7, 11) is 1.81. The predicted molar refractivity (Wildman–Crippen MR) is 101 cm³/mol. The van der Waals surface area contributed by atoms with Gasteiger partial charge in [-0.05, 0) is 39.2 Å². The van der Waals surface area contributed by atoms with Gasteiger partial charge in [0.05, 0.1) is 5.69 Å². The van der Waals surface area contributed by atoms with Crippen LogP contribution in [0.2, 0.25) is 0 Å². The number of aromatic nitrogens is 2. The van der Waals surface area contributed by atoms with Gasteiger partial charge in [0.15, 0.2) is 5.96 Å². The number of nitrogens with zero attached hydrogens (tertiary/aromatic N) is 3. The van der Waals surface area contributed by atoms with Gasteiger partial charge in [-0.25, -0.2) is 0 Å². The van der Waals surface area contributed by atoms with E-state index in [2.05, 4.69) is 59.2 Å². The number of guanidine groups is 1. The van der Waals surface area contributed by atoms with Crippen LogP contribution in [0.25, 0.3) is 0 Å². The van der Waals surface area contributed by atoms with Gasteiger partial charge in [0, 0.05) is 31.9 Å². The van der Waals surface area contributed by atoms with Gasteiger partial charge in [-0.1, -0.05) is 13.8 Å². The third-order valence-electron chi connectivity index (χ3n) is 3.43. The van der Waals surface area contributed by atoms with Gasteiger partial charge < -0.3 is 10.6 Å². The summed E-state index contributed by atoms with van der Waals surface area (Å²) in [5.74, 6) is 1.36. The minimum atomic E-state index is 0. The maximum atomic E-state index is 4.50. The van der Waals surface area contributed by atoms with E-state index in [0.717, 1.165) is 31.2 Å². The van der Waals surface area contributed by atoms with Crippen LogP contribution in [0.4, 0.5) is 0 Å². The Hall–Kier alpha value is -0.790. The highest BCUT2D eigenvalue weighted by atomic mass is 127. The summed E-state index contributed by atoms with van der Waals surface area (Å²) >= 11 is 0. The molecular weight excluding hydrogens is 377 g/mol. The van der Waals surface area contributed by atoms with Crippen LogP contribution in [0.5, 0.6) is 0 Å². The lowest BCUT2D eigenvalue weighted by molar-refractivity contribution is 0.434. The Balaban J connectivity index is 0.00000400. The van der Waals surface area contributed by atoms with Crippen molar-refractivity contribution in [2.45, 2.75) is 53.6 Å². The van der Waals surface area contributed by atoms with Crippen LogP contribution in [0.3, 0.4) is 0 Å². The molecule has 5 nitrogen and oxygen atoms in total. The van der Waals surface area contributed by atoms with Crippen LogP contribution < -0.4 is 10.6 Å². The maximum Gasteiger partial charge on any atom is 0.191 e. The molecule has 0 aliphatic rings. The Morgan fingerprint density at radius 3 is 2.52 bits per heavy atom. The summed E-state index contributed by atoms with van der Waals surface area (Å²) in [5, 5.41) is 11.2. The Morgan fingerprint density at radius 1 is 1.38 bits per heavy atom. The first kappa shape index (κ1) is 20.2. The van der Waals surface area contributed by atoms with Gasteiger partial charge in [-0.15, -0.1) is 24.0 Å². The zero-order valence-corrected chi connectivity index (χ0v) is 16.4. The van der Waals surface area contributed by atoms with Crippen molar-refractivity contribution >= 4 is 29.9 Å². The number of rotatable bonds is 6. The van der Waals surface area contributed by atoms with E-state index in [1.807, 2.05) is 14.0 Å². The molecule has 0 aliphatic heterocycles. The zero-order valence-electron chi connectivity index (χ0n) is 14.1. The van der Waals surface area contributed by atoms with Crippen LogP contribution in [-0.2, 0) is 6.54 Å². The first-order chi connectivity index (χ1) is 9.46. The van der Waals surface area contributed by atoms with E-state index in [0.29, 0.717) is 12.0 Å². The van der Waals surface area contributed by atoms with Gasteiger partial charge in [0.1, 0.15) is 0 Å². The van der Waals surface area contributed by atoms with Crippen molar-refractivity contribution in [3.8, 4) is 0 Å². The SMILES string of the molecule is CCC(C)NC(=NC)NCC(C)Cn1nc(C)cc1C.I. The lowest BCUT2D eigenvalue weighted by Gasteiger charge is -2.19. The van der Waals surface area contributed by atoms with E-state index in [1.54, 1.807) is 0 Å². The van der Waals surface area contributed by atoms with E-state index < -0.39 is 0 Å². The largest absolute Gasteiger partial charge is 0.356 e. The summed E-state index contributed by atoms with van der Waals surface area (Å²) in [4.78, 5) is 4.25. The molecule has 0 spiro atoms. The van der Waals surface area contributed by atoms with Crippen LogP contribution in [-0.4, -0.2) is 35.4 Å². The zero-order chi connectivity index (χ0) is 15.1. The Morgan fingerprint density at radius 2 is 2.05 bits per heavy atom. The van der Waals surface area contributed by atoms with Crippen LogP contribution in [0, 0.1) is 19.8 Å². The normalized spacial score (nSPS) is 14.3. The highest BCUT2D eigenvalue weighted by Crippen LogP contribution is 2.05. The number of halogens is 1. The molecular formula is C15H30IN5. The molecule has 6 heteroatoms. The quantitative estimate of drug-likeness (QED) is 0.433. The van der Waals surface area contributed by atoms with Crippen LogP contribution >= 0.6 is 24.0 Å². The van der Waals surface area contributed by atoms with Crippen molar-refractivity contribution in [3.05, 3.63) is 17.5 Å². The number of hydrogen-bond acceptors (Lipinski definition) is 2. The number of aliphatic imine (C=N–C) groups is 1. The number of aryl methyl sites for hydroxylation is 2. The van der Waals surface area contributed by atoms with Gasteiger partial charge in [-0.3, -0.25) is 9.67 Å². The Bertz CT molecular complexity index is 441. The van der Waals surface area contributed by atoms with Crippen LogP contribution in [0.15, 0.2) is 11.1 Å². The van der Waals surface area contributed by atoms with Gasteiger partial charge in [0.25, 0.3) is 0 Å². The molecule has 1 aromatic heterocycles. The highest BCUT2D eigenvalue weighted by molar-refractivity contribution is 14.0. The van der Waals surface area contributed by atoms with Crippen molar-refractivity contribution in [2.24, 2.45) is 10.9 Å². The number of nitrogens with one attached hydrogen (secondary N) is 2. The molecule has 0 saturated heterocycles. The Labute approximate surface area is 146 Å². The maximum absolute atomic E-state index is 4.50. The van der Waals surface area contributed by atoms with Gasteiger partial charge >= 0.3 is 0 Å². The molecule has 122 valence electrons. The van der Waals surface area contributed by atoms with Crippen molar-refractivity contribution in [1.29, 1.82) is 0 Å². The molecule has 1 heterocycles. The molecule has 0 saturated carbocycles. The molecule has 0 amide bonds. The average molecular weight is 407 g/mol. The van der Waals surface area contributed by atoms with Crippen molar-refractivity contribution in [1.82, 2.24) is 20.4 Å². The van der Waals surface area contributed by atoms with Crippen molar-refractivity contribution in [2.75, 3.05) is 13.6 Å². The summed E-state index contributed by atoms with van der Waals surface area (Å²) < 4.78 is 2.08. The molecule has 2 atom stereocenters. The predicted octanol–water partition coefficient (Wildman–Crippen LogP) is 2.72. The fourth-order valence-electron chi connectivity index (χ4n) is 2.02. The molecule has 1 rings (SSSR count).